The Hall–Kier alpha value is -3.50. The molecule has 3 N–H and O–H groups in total. The molecule has 1 atom stereocenters. The summed E-state index contributed by atoms with van der Waals surface area (Å²) >= 11 is 1.59. The summed E-state index contributed by atoms with van der Waals surface area (Å²) in [6.45, 7) is 6.07. The second-order valence-corrected chi connectivity index (χ2v) is 12.8. The van der Waals surface area contributed by atoms with Crippen LogP contribution in [0.1, 0.15) is 70.8 Å². The molecule has 1 unspecified atom stereocenters. The van der Waals surface area contributed by atoms with Gasteiger partial charge in [-0.25, -0.2) is 9.59 Å². The maximum absolute atomic E-state index is 13.6. The van der Waals surface area contributed by atoms with Gasteiger partial charge in [0, 0.05) is 35.2 Å². The number of amides is 1. The highest BCUT2D eigenvalue weighted by molar-refractivity contribution is 8.01. The molecule has 0 aromatic heterocycles. The number of ether oxygens (including phenoxy) is 2. The van der Waals surface area contributed by atoms with Gasteiger partial charge in [0.1, 0.15) is 16.2 Å². The minimum atomic E-state index is -1.26. The molecule has 0 spiro atoms. The summed E-state index contributed by atoms with van der Waals surface area (Å²) < 4.78 is 11.0. The number of carboxylic acids is 2. The van der Waals surface area contributed by atoms with Gasteiger partial charge in [-0.15, -0.1) is 11.8 Å². The zero-order valence-electron chi connectivity index (χ0n) is 25.6. The molecule has 10 heteroatoms. The van der Waals surface area contributed by atoms with Crippen molar-refractivity contribution in [1.29, 1.82) is 0 Å². The van der Waals surface area contributed by atoms with E-state index in [9.17, 15) is 14.4 Å². The second-order valence-electron chi connectivity index (χ2n) is 11.3. The van der Waals surface area contributed by atoms with Crippen LogP contribution < -0.4 is 19.7 Å². The number of rotatable bonds is 12. The molecule has 2 aromatic rings. The number of unbranched alkanes of at least 4 members (excludes halogenated alkanes) is 2. The average Bonchev–Trinajstić information content (AvgIpc) is 2.99. The third kappa shape index (κ3) is 9.49. The Morgan fingerprint density at radius 2 is 1.67 bits per heavy atom. The quantitative estimate of drug-likeness (QED) is 0.188. The molecular weight excluding hydrogens is 568 g/mol. The van der Waals surface area contributed by atoms with Crippen LogP contribution in [0.15, 0.2) is 59.5 Å². The first-order valence-electron chi connectivity index (χ1n) is 14.8. The largest absolute Gasteiger partial charge is 0.497 e. The SMILES string of the molecule is COc1ccc(OCCCCCNC2(C)CCCCC2)c(C2(C)Sc3ccccc3N(C)C2=O)c1.O=C(O)/C=C/C(=O)O. The summed E-state index contributed by atoms with van der Waals surface area (Å²) in [4.78, 5) is 35.5. The maximum atomic E-state index is 13.6. The number of thioether (sulfide) groups is 1. The summed E-state index contributed by atoms with van der Waals surface area (Å²) in [6.07, 6.45) is 11.1. The molecule has 0 radical (unpaired) electrons. The standard InChI is InChI=1S/C29H40N2O3S.C4H4O4/c1-28(17-9-5-10-18-28)30-19-11-6-12-20-34-25-16-15-22(33-4)21-23(25)29(2)27(32)31(3)24-13-7-8-14-26(24)35-29;5-3(6)1-2-4(7)8/h7-8,13-16,21,30H,5-6,9-12,17-20H2,1-4H3;1-2H,(H,5,6)(H,7,8)/b;2-1+. The molecule has 0 saturated heterocycles. The topological polar surface area (TPSA) is 125 Å². The van der Waals surface area contributed by atoms with Gasteiger partial charge in [0.2, 0.25) is 5.91 Å². The molecule has 1 saturated carbocycles. The number of nitrogens with zero attached hydrogens (tertiary/aromatic N) is 1. The van der Waals surface area contributed by atoms with Crippen molar-refractivity contribution in [3.05, 3.63) is 60.2 Å². The van der Waals surface area contributed by atoms with Crippen LogP contribution in [0.2, 0.25) is 0 Å². The Kier molecular flexibility index (Phi) is 12.5. The Balaban J connectivity index is 0.000000557. The van der Waals surface area contributed by atoms with Gasteiger partial charge in [-0.1, -0.05) is 31.4 Å². The van der Waals surface area contributed by atoms with Gasteiger partial charge in [-0.2, -0.15) is 0 Å². The smallest absolute Gasteiger partial charge is 0.328 e. The number of benzene rings is 2. The number of anilines is 1. The van der Waals surface area contributed by atoms with Gasteiger partial charge >= 0.3 is 11.9 Å². The van der Waals surface area contributed by atoms with Crippen molar-refractivity contribution >= 4 is 35.3 Å². The van der Waals surface area contributed by atoms with E-state index in [1.54, 1.807) is 23.8 Å². The molecule has 4 rings (SSSR count). The fourth-order valence-electron chi connectivity index (χ4n) is 5.45. The average molecular weight is 613 g/mol. The van der Waals surface area contributed by atoms with Crippen LogP contribution in [0.3, 0.4) is 0 Å². The predicted octanol–water partition coefficient (Wildman–Crippen LogP) is 6.25. The van der Waals surface area contributed by atoms with Crippen LogP contribution in [-0.2, 0) is 19.1 Å². The molecule has 0 bridgehead atoms. The molecule has 1 fully saturated rings. The summed E-state index contributed by atoms with van der Waals surface area (Å²) in [5.74, 6) is -0.984. The molecule has 234 valence electrons. The molecule has 1 heterocycles. The minimum Gasteiger partial charge on any atom is -0.497 e. The van der Waals surface area contributed by atoms with Gasteiger partial charge < -0.3 is 29.9 Å². The maximum Gasteiger partial charge on any atom is 0.328 e. The van der Waals surface area contributed by atoms with Crippen molar-refractivity contribution in [2.45, 2.75) is 80.4 Å². The van der Waals surface area contributed by atoms with E-state index < -0.39 is 16.7 Å². The number of hydrogen-bond donors (Lipinski definition) is 3. The van der Waals surface area contributed by atoms with Gasteiger partial charge in [0.25, 0.3) is 0 Å². The second kappa shape index (κ2) is 15.8. The number of carbonyl (C=O) groups excluding carboxylic acids is 1. The molecule has 1 aliphatic heterocycles. The van der Waals surface area contributed by atoms with Crippen molar-refractivity contribution in [2.24, 2.45) is 0 Å². The fourth-order valence-corrected chi connectivity index (χ4v) is 6.84. The molecular formula is C33H44N2O7S. The number of methoxy groups -OCH3 is 1. The van der Waals surface area contributed by atoms with Gasteiger partial charge in [0.15, 0.2) is 0 Å². The molecule has 2 aromatic carbocycles. The van der Waals surface area contributed by atoms with Crippen LogP contribution in [0.5, 0.6) is 11.5 Å². The normalized spacial score (nSPS) is 19.3. The Labute approximate surface area is 258 Å². The van der Waals surface area contributed by atoms with Gasteiger partial charge in [0.05, 0.1) is 19.4 Å². The number of aliphatic carboxylic acids is 2. The highest BCUT2D eigenvalue weighted by Crippen LogP contribution is 2.52. The lowest BCUT2D eigenvalue weighted by Gasteiger charge is -2.39. The molecule has 1 aliphatic carbocycles. The third-order valence-electron chi connectivity index (χ3n) is 7.91. The zero-order chi connectivity index (χ0) is 31.5. The lowest BCUT2D eigenvalue weighted by molar-refractivity contribution is -0.134. The van der Waals surface area contributed by atoms with Crippen molar-refractivity contribution < 1.29 is 34.1 Å². The van der Waals surface area contributed by atoms with E-state index in [0.717, 1.165) is 53.5 Å². The van der Waals surface area contributed by atoms with E-state index in [1.165, 1.54) is 32.1 Å². The van der Waals surface area contributed by atoms with E-state index >= 15 is 0 Å². The Morgan fingerprint density at radius 1 is 1.00 bits per heavy atom. The fraction of sp³-hybridized carbons (Fsp3) is 0.485. The van der Waals surface area contributed by atoms with E-state index in [2.05, 4.69) is 18.3 Å². The van der Waals surface area contributed by atoms with Crippen LogP contribution in [0.25, 0.3) is 0 Å². The van der Waals surface area contributed by atoms with Crippen LogP contribution in [0, 0.1) is 0 Å². The first-order chi connectivity index (χ1) is 20.5. The van der Waals surface area contributed by atoms with E-state index in [4.69, 9.17) is 19.7 Å². The lowest BCUT2D eigenvalue weighted by Crippen LogP contribution is -2.44. The number of likely N-dealkylation sites (N-methyl/N-ethyl adjacent to an activating group) is 1. The molecule has 1 amide bonds. The zero-order valence-corrected chi connectivity index (χ0v) is 26.4. The predicted molar refractivity (Wildman–Crippen MR) is 169 cm³/mol. The summed E-state index contributed by atoms with van der Waals surface area (Å²) in [5.41, 5.74) is 2.14. The Bertz CT molecular complexity index is 1280. The molecule has 9 nitrogen and oxygen atoms in total. The van der Waals surface area contributed by atoms with Crippen molar-refractivity contribution in [3.8, 4) is 11.5 Å². The highest BCUT2D eigenvalue weighted by Gasteiger charge is 2.45. The summed E-state index contributed by atoms with van der Waals surface area (Å²) in [6, 6.07) is 13.9. The third-order valence-corrected chi connectivity index (χ3v) is 9.28. The van der Waals surface area contributed by atoms with Crippen LogP contribution in [0.4, 0.5) is 5.69 Å². The highest BCUT2D eigenvalue weighted by atomic mass is 32.2. The monoisotopic (exact) mass is 612 g/mol. The van der Waals surface area contributed by atoms with Crippen molar-refractivity contribution in [2.75, 3.05) is 32.2 Å². The summed E-state index contributed by atoms with van der Waals surface area (Å²) in [7, 11) is 3.50. The van der Waals surface area contributed by atoms with Crippen LogP contribution in [-0.4, -0.2) is 60.9 Å². The lowest BCUT2D eigenvalue weighted by atomic mass is 9.83. The van der Waals surface area contributed by atoms with Crippen molar-refractivity contribution in [3.63, 3.8) is 0 Å². The Morgan fingerprint density at radius 3 is 2.33 bits per heavy atom. The first-order valence-corrected chi connectivity index (χ1v) is 15.6. The molecule has 2 aliphatic rings. The minimum absolute atomic E-state index is 0.0431. The number of hydrogen-bond acceptors (Lipinski definition) is 7. The number of carboxylic acid groups (broad SMARTS) is 2. The number of carbonyl (C=O) groups is 3. The van der Waals surface area contributed by atoms with E-state index in [1.807, 2.05) is 50.4 Å². The first kappa shape index (κ1) is 34.0. The van der Waals surface area contributed by atoms with Crippen LogP contribution >= 0.6 is 11.8 Å². The van der Waals surface area contributed by atoms with E-state index in [-0.39, 0.29) is 5.91 Å². The number of para-hydroxylation sites is 1. The van der Waals surface area contributed by atoms with E-state index in [0.29, 0.717) is 24.3 Å². The number of fused-ring (bicyclic) bond motifs is 1. The van der Waals surface area contributed by atoms with Crippen molar-refractivity contribution in [1.82, 2.24) is 5.32 Å². The number of nitrogens with one attached hydrogen (secondary N) is 1. The summed E-state index contributed by atoms with van der Waals surface area (Å²) in [5, 5.41) is 19.4. The van der Waals surface area contributed by atoms with Gasteiger partial charge in [-0.3, -0.25) is 4.79 Å². The molecule has 43 heavy (non-hydrogen) atoms. The van der Waals surface area contributed by atoms with Gasteiger partial charge in [-0.05, 0) is 82.8 Å².